The molecule has 0 aliphatic rings. The van der Waals surface area contributed by atoms with E-state index in [-0.39, 0.29) is 52.1 Å². The Morgan fingerprint density at radius 3 is 0.838 bits per heavy atom. The molecule has 0 unspecified atom stereocenters. The van der Waals surface area contributed by atoms with Crippen LogP contribution < -0.4 is 0 Å². The topological polar surface area (TPSA) is 122 Å². The molecular formula is C27H51FeN3O6. The number of allylic oxidation sites excluding steroid dienone is 3. The molecule has 0 spiro atoms. The van der Waals surface area contributed by atoms with Gasteiger partial charge in [0.25, 0.3) is 0 Å². The van der Waals surface area contributed by atoms with Crippen LogP contribution in [0, 0.1) is 0 Å². The molecule has 0 radical (unpaired) electrons. The van der Waals surface area contributed by atoms with Crippen LogP contribution >= 0.6 is 0 Å². The van der Waals surface area contributed by atoms with Crippen LogP contribution in [0.25, 0.3) is 0 Å². The molecule has 0 saturated heterocycles. The largest absolute Gasteiger partial charge is 0.512 e. The third-order valence-corrected chi connectivity index (χ3v) is 4.55. The van der Waals surface area contributed by atoms with Crippen molar-refractivity contribution >= 4 is 17.7 Å². The summed E-state index contributed by atoms with van der Waals surface area (Å²) in [6, 6.07) is 0. The van der Waals surface area contributed by atoms with E-state index in [2.05, 4.69) is 0 Å². The number of nitrogens with zero attached hydrogens (tertiary/aromatic N) is 3. The van der Waals surface area contributed by atoms with Gasteiger partial charge in [0.15, 0.2) is 0 Å². The van der Waals surface area contributed by atoms with Gasteiger partial charge in [-0.15, -0.1) is 0 Å². The quantitative estimate of drug-likeness (QED) is 0.171. The Morgan fingerprint density at radius 2 is 0.703 bits per heavy atom. The molecule has 0 aliphatic carbocycles. The van der Waals surface area contributed by atoms with Crippen molar-refractivity contribution in [3.05, 3.63) is 35.5 Å². The fourth-order valence-corrected chi connectivity index (χ4v) is 2.11. The smallest absolute Gasteiger partial charge is 0.249 e. The Bertz CT molecular complexity index is 622. The molecule has 0 saturated carbocycles. The SMILES string of the molecule is CCCCC(O)=CC(=O)N(C)C.CCCCC(O)=CC(=O)N(C)C.CCCCC(O)=CC(=O)N(C)C.[Fe]. The van der Waals surface area contributed by atoms with Crippen molar-refractivity contribution in [2.45, 2.75) is 78.6 Å². The van der Waals surface area contributed by atoms with Gasteiger partial charge in [-0.1, -0.05) is 40.0 Å². The van der Waals surface area contributed by atoms with Crippen LogP contribution in [0.5, 0.6) is 0 Å². The van der Waals surface area contributed by atoms with Gasteiger partial charge >= 0.3 is 0 Å². The van der Waals surface area contributed by atoms with Crippen molar-refractivity contribution < 1.29 is 46.8 Å². The van der Waals surface area contributed by atoms with E-state index in [0.717, 1.165) is 38.5 Å². The van der Waals surface area contributed by atoms with E-state index in [0.29, 0.717) is 19.3 Å². The fraction of sp³-hybridized carbons (Fsp3) is 0.667. The second-order valence-corrected chi connectivity index (χ2v) is 8.92. The van der Waals surface area contributed by atoms with Gasteiger partial charge in [0, 0.05) is 96.8 Å². The first-order chi connectivity index (χ1) is 16.7. The third-order valence-electron chi connectivity index (χ3n) is 4.55. The molecule has 0 rings (SSSR count). The van der Waals surface area contributed by atoms with Crippen LogP contribution in [0.3, 0.4) is 0 Å². The van der Waals surface area contributed by atoms with Gasteiger partial charge in [-0.25, -0.2) is 0 Å². The van der Waals surface area contributed by atoms with Gasteiger partial charge in [-0.3, -0.25) is 14.4 Å². The van der Waals surface area contributed by atoms with Crippen molar-refractivity contribution in [2.24, 2.45) is 0 Å². The van der Waals surface area contributed by atoms with E-state index >= 15 is 0 Å². The van der Waals surface area contributed by atoms with Gasteiger partial charge in [0.05, 0.1) is 17.3 Å². The summed E-state index contributed by atoms with van der Waals surface area (Å²) in [5.41, 5.74) is 0. The minimum Gasteiger partial charge on any atom is -0.512 e. The van der Waals surface area contributed by atoms with Crippen LogP contribution in [-0.4, -0.2) is 90.0 Å². The van der Waals surface area contributed by atoms with Gasteiger partial charge in [-0.2, -0.15) is 0 Å². The van der Waals surface area contributed by atoms with Crippen molar-refractivity contribution in [2.75, 3.05) is 42.3 Å². The number of carbonyl (C=O) groups excluding carboxylic acids is 3. The summed E-state index contributed by atoms with van der Waals surface area (Å²) >= 11 is 0. The molecule has 0 aromatic carbocycles. The molecular weight excluding hydrogens is 518 g/mol. The number of hydrogen-bond donors (Lipinski definition) is 3. The Morgan fingerprint density at radius 1 is 0.514 bits per heavy atom. The number of carbonyl (C=O) groups is 3. The van der Waals surface area contributed by atoms with Crippen LogP contribution in [0.15, 0.2) is 35.5 Å². The molecule has 0 bridgehead atoms. The summed E-state index contributed by atoms with van der Waals surface area (Å²) < 4.78 is 0. The molecule has 10 heteroatoms. The zero-order chi connectivity index (χ0) is 28.7. The second-order valence-electron chi connectivity index (χ2n) is 8.92. The second kappa shape index (κ2) is 26.6. The Balaban J connectivity index is -0.000000218. The molecule has 0 heterocycles. The van der Waals surface area contributed by atoms with Gasteiger partial charge < -0.3 is 30.0 Å². The maximum atomic E-state index is 11.0. The summed E-state index contributed by atoms with van der Waals surface area (Å²) in [5.74, 6) is 0.0393. The number of amides is 3. The van der Waals surface area contributed by atoms with Gasteiger partial charge in [0.1, 0.15) is 0 Å². The van der Waals surface area contributed by atoms with E-state index in [4.69, 9.17) is 0 Å². The van der Waals surface area contributed by atoms with Crippen LogP contribution in [-0.2, 0) is 31.5 Å². The zero-order valence-electron chi connectivity index (χ0n) is 24.4. The van der Waals surface area contributed by atoms with E-state index in [1.54, 1.807) is 42.3 Å². The molecule has 3 N–H and O–H groups in total. The van der Waals surface area contributed by atoms with Gasteiger partial charge in [0.2, 0.25) is 17.7 Å². The minimum absolute atomic E-state index is 0. The van der Waals surface area contributed by atoms with Crippen LogP contribution in [0.2, 0.25) is 0 Å². The fourth-order valence-electron chi connectivity index (χ4n) is 2.11. The molecule has 0 fully saturated rings. The van der Waals surface area contributed by atoms with Crippen LogP contribution in [0.4, 0.5) is 0 Å². The molecule has 0 aromatic rings. The average Bonchev–Trinajstić information content (AvgIpc) is 2.80. The summed E-state index contributed by atoms with van der Waals surface area (Å²) in [6.45, 7) is 6.13. The molecule has 218 valence electrons. The minimum atomic E-state index is -0.163. The van der Waals surface area contributed by atoms with E-state index < -0.39 is 0 Å². The van der Waals surface area contributed by atoms with Crippen molar-refractivity contribution in [1.29, 1.82) is 0 Å². The normalized spacial score (nSPS) is 11.1. The number of hydrogen-bond acceptors (Lipinski definition) is 6. The monoisotopic (exact) mass is 569 g/mol. The summed E-state index contributed by atoms with van der Waals surface area (Å²) in [5, 5.41) is 27.6. The molecule has 0 aliphatic heterocycles. The summed E-state index contributed by atoms with van der Waals surface area (Å²) in [4.78, 5) is 37.3. The number of aliphatic hydroxyl groups is 3. The number of unbranched alkanes of at least 4 members (excludes halogenated alkanes) is 3. The van der Waals surface area contributed by atoms with Crippen LogP contribution in [0.1, 0.15) is 78.6 Å². The predicted octanol–water partition coefficient (Wildman–Crippen LogP) is 5.12. The maximum Gasteiger partial charge on any atom is 0.249 e. The Kier molecular flexibility index (Phi) is 30.0. The molecule has 37 heavy (non-hydrogen) atoms. The zero-order valence-corrected chi connectivity index (χ0v) is 25.5. The van der Waals surface area contributed by atoms with Crippen molar-refractivity contribution in [3.63, 3.8) is 0 Å². The molecule has 0 atom stereocenters. The predicted molar refractivity (Wildman–Crippen MR) is 147 cm³/mol. The molecule has 0 aromatic heterocycles. The first-order valence-electron chi connectivity index (χ1n) is 12.6. The molecule has 9 nitrogen and oxygen atoms in total. The average molecular weight is 570 g/mol. The first-order valence-corrected chi connectivity index (χ1v) is 12.6. The number of rotatable bonds is 12. The van der Waals surface area contributed by atoms with Crippen molar-refractivity contribution in [1.82, 2.24) is 14.7 Å². The Hall–Kier alpha value is -2.45. The standard InChI is InChI=1S/3C9H17NO2.Fe/c3*1-4-5-6-8(11)7-9(12)10(2)3;/h3*7,11H,4-6H2,1-3H3;. The number of aliphatic hydroxyl groups excluding tert-OH is 3. The van der Waals surface area contributed by atoms with E-state index in [1.165, 1.54) is 32.9 Å². The maximum absolute atomic E-state index is 11.0. The van der Waals surface area contributed by atoms with Crippen molar-refractivity contribution in [3.8, 4) is 0 Å². The summed E-state index contributed by atoms with van der Waals surface area (Å²) in [7, 11) is 9.95. The summed E-state index contributed by atoms with van der Waals surface area (Å²) in [6.07, 6.45) is 11.4. The Labute approximate surface area is 235 Å². The first kappa shape index (κ1) is 41.7. The molecule has 3 amide bonds. The number of likely N-dealkylation sites (N-methyl/N-ethyl adjacent to an activating group) is 3. The van der Waals surface area contributed by atoms with Gasteiger partial charge in [-0.05, 0) is 19.3 Å². The third kappa shape index (κ3) is 29.7. The van der Waals surface area contributed by atoms with E-state index in [1.807, 2.05) is 20.8 Å². The van der Waals surface area contributed by atoms with E-state index in [9.17, 15) is 29.7 Å².